The Morgan fingerprint density at radius 3 is 2.91 bits per heavy atom. The zero-order valence-corrected chi connectivity index (χ0v) is 13.6. The molecular formula is C18H27FN4. The Morgan fingerprint density at radius 1 is 1.30 bits per heavy atom. The van der Waals surface area contributed by atoms with E-state index in [9.17, 15) is 4.39 Å². The summed E-state index contributed by atoms with van der Waals surface area (Å²) in [6.45, 7) is 10.1. The molecule has 1 aromatic carbocycles. The number of benzene rings is 1. The van der Waals surface area contributed by atoms with Gasteiger partial charge >= 0.3 is 0 Å². The van der Waals surface area contributed by atoms with Crippen LogP contribution in [0.15, 0.2) is 36.9 Å². The first-order chi connectivity index (χ1) is 11.3. The van der Waals surface area contributed by atoms with Crippen LogP contribution in [0, 0.1) is 17.7 Å². The van der Waals surface area contributed by atoms with Gasteiger partial charge in [-0.15, -0.1) is 6.58 Å². The molecular weight excluding hydrogens is 291 g/mol. The first-order valence-electron chi connectivity index (χ1n) is 8.54. The van der Waals surface area contributed by atoms with Crippen LogP contribution in [0.25, 0.3) is 0 Å². The summed E-state index contributed by atoms with van der Waals surface area (Å²) in [5, 5.41) is 3.64. The summed E-state index contributed by atoms with van der Waals surface area (Å²) in [6.07, 6.45) is 3.25. The molecule has 0 aliphatic carbocycles. The molecule has 2 heterocycles. The van der Waals surface area contributed by atoms with E-state index in [0.29, 0.717) is 5.92 Å². The third-order valence-electron chi connectivity index (χ3n) is 4.92. The van der Waals surface area contributed by atoms with Gasteiger partial charge in [0.25, 0.3) is 0 Å². The Kier molecular flexibility index (Phi) is 5.78. The van der Waals surface area contributed by atoms with Crippen LogP contribution >= 0.6 is 0 Å². The zero-order valence-electron chi connectivity index (χ0n) is 13.6. The van der Waals surface area contributed by atoms with Crippen molar-refractivity contribution >= 4 is 0 Å². The molecule has 4 nitrogen and oxygen atoms in total. The molecule has 3 N–H and O–H groups in total. The van der Waals surface area contributed by atoms with Gasteiger partial charge in [-0.3, -0.25) is 10.3 Å². The van der Waals surface area contributed by atoms with E-state index >= 15 is 0 Å². The molecule has 3 rings (SSSR count). The average molecular weight is 318 g/mol. The van der Waals surface area contributed by atoms with Crippen molar-refractivity contribution in [2.75, 3.05) is 39.3 Å². The molecule has 0 saturated carbocycles. The van der Waals surface area contributed by atoms with Crippen LogP contribution in [0.1, 0.15) is 18.0 Å². The lowest BCUT2D eigenvalue weighted by Crippen LogP contribution is -2.32. The maximum atomic E-state index is 13.1. The average Bonchev–Trinajstić information content (AvgIpc) is 3.18. The summed E-state index contributed by atoms with van der Waals surface area (Å²) < 4.78 is 13.1. The largest absolute Gasteiger partial charge is 0.316 e. The van der Waals surface area contributed by atoms with Crippen LogP contribution in [0.3, 0.4) is 0 Å². The van der Waals surface area contributed by atoms with Crippen molar-refractivity contribution in [3.63, 3.8) is 0 Å². The van der Waals surface area contributed by atoms with Crippen molar-refractivity contribution < 1.29 is 4.39 Å². The quantitative estimate of drug-likeness (QED) is 0.669. The maximum absolute atomic E-state index is 13.1. The normalized spacial score (nSPS) is 28.3. The van der Waals surface area contributed by atoms with E-state index < -0.39 is 0 Å². The molecule has 1 aromatic rings. The molecule has 3 atom stereocenters. The molecule has 3 unspecified atom stereocenters. The van der Waals surface area contributed by atoms with Gasteiger partial charge in [0.2, 0.25) is 0 Å². The van der Waals surface area contributed by atoms with Crippen LogP contribution in [-0.2, 0) is 0 Å². The van der Waals surface area contributed by atoms with Crippen LogP contribution < -0.4 is 16.2 Å². The molecule has 0 bridgehead atoms. The number of hydrogen-bond acceptors (Lipinski definition) is 4. The first-order valence-corrected chi connectivity index (χ1v) is 8.54. The van der Waals surface area contributed by atoms with Crippen LogP contribution in [0.4, 0.5) is 4.39 Å². The van der Waals surface area contributed by atoms with Gasteiger partial charge in [0.05, 0.1) is 6.04 Å². The van der Waals surface area contributed by atoms with Gasteiger partial charge in [-0.25, -0.2) is 9.82 Å². The minimum Gasteiger partial charge on any atom is -0.316 e. The van der Waals surface area contributed by atoms with Gasteiger partial charge in [0.15, 0.2) is 0 Å². The predicted octanol–water partition coefficient (Wildman–Crippen LogP) is 1.69. The number of likely N-dealkylation sites (tertiary alicyclic amines) is 1. The van der Waals surface area contributed by atoms with Crippen LogP contribution in [-0.4, -0.2) is 44.2 Å². The third-order valence-corrected chi connectivity index (χ3v) is 4.92. The Labute approximate surface area is 138 Å². The topological polar surface area (TPSA) is 39.3 Å². The third kappa shape index (κ3) is 4.38. The van der Waals surface area contributed by atoms with Crippen molar-refractivity contribution in [3.8, 4) is 0 Å². The number of hydrazine groups is 1. The van der Waals surface area contributed by atoms with Crippen LogP contribution in [0.5, 0.6) is 0 Å². The molecule has 0 aromatic heterocycles. The number of halogens is 1. The van der Waals surface area contributed by atoms with Gasteiger partial charge in [-0.1, -0.05) is 18.2 Å². The molecule has 0 radical (unpaired) electrons. The van der Waals surface area contributed by atoms with Crippen molar-refractivity contribution in [1.82, 2.24) is 21.1 Å². The molecule has 23 heavy (non-hydrogen) atoms. The Balaban J connectivity index is 1.44. The second kappa shape index (κ2) is 8.02. The van der Waals surface area contributed by atoms with Gasteiger partial charge in [0.1, 0.15) is 5.82 Å². The molecule has 0 amide bonds. The van der Waals surface area contributed by atoms with Gasteiger partial charge in [-0.2, -0.15) is 0 Å². The highest BCUT2D eigenvalue weighted by molar-refractivity contribution is 5.21. The summed E-state index contributed by atoms with van der Waals surface area (Å²) in [4.78, 5) is 2.46. The highest BCUT2D eigenvalue weighted by Crippen LogP contribution is 2.24. The molecule has 0 spiro atoms. The fourth-order valence-corrected chi connectivity index (χ4v) is 3.65. The van der Waals surface area contributed by atoms with Gasteiger partial charge < -0.3 is 5.32 Å². The summed E-state index contributed by atoms with van der Waals surface area (Å²) in [5.41, 5.74) is 7.69. The lowest BCUT2D eigenvalue weighted by atomic mass is 9.94. The second-order valence-corrected chi connectivity index (χ2v) is 6.68. The van der Waals surface area contributed by atoms with Crippen molar-refractivity contribution in [3.05, 3.63) is 48.3 Å². The predicted molar refractivity (Wildman–Crippen MR) is 91.4 cm³/mol. The Bertz CT molecular complexity index is 504. The number of nitrogens with zero attached hydrogens (tertiary/aromatic N) is 1. The summed E-state index contributed by atoms with van der Waals surface area (Å²) in [6, 6.07) is 7.05. The summed E-state index contributed by atoms with van der Waals surface area (Å²) in [5.74, 6) is 1.03. The maximum Gasteiger partial charge on any atom is 0.123 e. The van der Waals surface area contributed by atoms with E-state index in [4.69, 9.17) is 0 Å². The van der Waals surface area contributed by atoms with E-state index in [1.807, 2.05) is 18.2 Å². The Morgan fingerprint density at radius 2 is 2.13 bits per heavy atom. The molecule has 2 saturated heterocycles. The van der Waals surface area contributed by atoms with E-state index in [0.717, 1.165) is 37.7 Å². The van der Waals surface area contributed by atoms with E-state index in [1.54, 1.807) is 0 Å². The van der Waals surface area contributed by atoms with E-state index in [2.05, 4.69) is 27.6 Å². The lowest BCUT2D eigenvalue weighted by molar-refractivity contribution is 0.349. The molecule has 2 fully saturated rings. The molecule has 2 aliphatic rings. The highest BCUT2D eigenvalue weighted by Gasteiger charge is 2.28. The first kappa shape index (κ1) is 16.6. The van der Waals surface area contributed by atoms with Crippen LogP contribution in [0.2, 0.25) is 0 Å². The monoisotopic (exact) mass is 318 g/mol. The van der Waals surface area contributed by atoms with Gasteiger partial charge in [0, 0.05) is 32.1 Å². The minimum absolute atomic E-state index is 0.181. The van der Waals surface area contributed by atoms with E-state index in [-0.39, 0.29) is 11.9 Å². The molecule has 2 aliphatic heterocycles. The number of nitrogens with one attached hydrogen (secondary N) is 3. The number of rotatable bonds is 7. The SMILES string of the molecule is C=CCN1CCC(CNCC2CNNC2c2ccc(F)cc2)C1. The van der Waals surface area contributed by atoms with E-state index in [1.165, 1.54) is 31.6 Å². The lowest BCUT2D eigenvalue weighted by Gasteiger charge is -2.20. The van der Waals surface area contributed by atoms with Crippen molar-refractivity contribution in [2.45, 2.75) is 12.5 Å². The Hall–Kier alpha value is -1.27. The smallest absolute Gasteiger partial charge is 0.123 e. The molecule has 126 valence electrons. The summed E-state index contributed by atoms with van der Waals surface area (Å²) in [7, 11) is 0. The number of hydrogen-bond donors (Lipinski definition) is 3. The molecule has 5 heteroatoms. The zero-order chi connectivity index (χ0) is 16.1. The highest BCUT2D eigenvalue weighted by atomic mass is 19.1. The minimum atomic E-state index is -0.181. The van der Waals surface area contributed by atoms with Gasteiger partial charge in [-0.05, 0) is 43.1 Å². The fourth-order valence-electron chi connectivity index (χ4n) is 3.65. The standard InChI is InChI=1S/C18H27FN4/c1-2-8-23-9-7-14(13-23)10-20-11-16-12-21-22-18(16)15-3-5-17(19)6-4-15/h2-6,14,16,18,20-22H,1,7-13H2. The fraction of sp³-hybridized carbons (Fsp3) is 0.556. The van der Waals surface area contributed by atoms with Crippen molar-refractivity contribution in [1.29, 1.82) is 0 Å². The summed E-state index contributed by atoms with van der Waals surface area (Å²) >= 11 is 0. The van der Waals surface area contributed by atoms with Crippen molar-refractivity contribution in [2.24, 2.45) is 11.8 Å². The second-order valence-electron chi connectivity index (χ2n) is 6.68.